The number of amides is 1. The van der Waals surface area contributed by atoms with E-state index in [1.807, 2.05) is 6.07 Å². The van der Waals surface area contributed by atoms with E-state index in [0.29, 0.717) is 27.7 Å². The zero-order valence-electron chi connectivity index (χ0n) is 14.9. The van der Waals surface area contributed by atoms with E-state index in [9.17, 15) is 9.59 Å². The minimum Gasteiger partial charge on any atom is -0.461 e. The van der Waals surface area contributed by atoms with E-state index in [1.54, 1.807) is 50.5 Å². The monoisotopic (exact) mass is 386 g/mol. The van der Waals surface area contributed by atoms with Gasteiger partial charge in [-0.15, -0.1) is 11.8 Å². The second kappa shape index (κ2) is 8.59. The molecule has 1 aromatic carbocycles. The number of aromatic nitrogens is 1. The number of carbonyl (C=O) groups is 2. The summed E-state index contributed by atoms with van der Waals surface area (Å²) in [6.07, 6.45) is 1.53. The third kappa shape index (κ3) is 4.79. The van der Waals surface area contributed by atoms with Gasteiger partial charge in [0, 0.05) is 25.1 Å². The molecule has 0 bridgehead atoms. The van der Waals surface area contributed by atoms with Crippen molar-refractivity contribution in [1.29, 1.82) is 0 Å². The van der Waals surface area contributed by atoms with Crippen LogP contribution in [-0.4, -0.2) is 41.8 Å². The van der Waals surface area contributed by atoms with Crippen molar-refractivity contribution in [1.82, 2.24) is 10.1 Å². The SMILES string of the molecule is CN(C)C(=O)CSc1ccccc1C(=O)OCc1cc(-c2ccco2)on1. The van der Waals surface area contributed by atoms with E-state index < -0.39 is 5.97 Å². The van der Waals surface area contributed by atoms with E-state index in [1.165, 1.54) is 22.9 Å². The van der Waals surface area contributed by atoms with Gasteiger partial charge in [-0.2, -0.15) is 0 Å². The van der Waals surface area contributed by atoms with Crippen LogP contribution >= 0.6 is 11.8 Å². The first-order chi connectivity index (χ1) is 13.0. The summed E-state index contributed by atoms with van der Waals surface area (Å²) in [5.74, 6) is 0.735. The summed E-state index contributed by atoms with van der Waals surface area (Å²) in [6.45, 7) is -0.0291. The number of furan rings is 1. The van der Waals surface area contributed by atoms with Gasteiger partial charge in [-0.05, 0) is 24.3 Å². The lowest BCUT2D eigenvalue weighted by molar-refractivity contribution is -0.125. The van der Waals surface area contributed by atoms with Crippen molar-refractivity contribution in [3.05, 3.63) is 60.0 Å². The van der Waals surface area contributed by atoms with Crippen molar-refractivity contribution in [3.8, 4) is 11.5 Å². The second-order valence-electron chi connectivity index (χ2n) is 5.81. The van der Waals surface area contributed by atoms with Crippen LogP contribution in [0.2, 0.25) is 0 Å². The zero-order chi connectivity index (χ0) is 19.2. The van der Waals surface area contributed by atoms with Gasteiger partial charge in [-0.1, -0.05) is 17.3 Å². The number of rotatable bonds is 7. The molecule has 27 heavy (non-hydrogen) atoms. The lowest BCUT2D eigenvalue weighted by Gasteiger charge is -2.11. The van der Waals surface area contributed by atoms with Crippen molar-refractivity contribution in [3.63, 3.8) is 0 Å². The maximum atomic E-state index is 12.4. The van der Waals surface area contributed by atoms with Crippen LogP contribution in [0.1, 0.15) is 16.1 Å². The Morgan fingerprint density at radius 1 is 1.15 bits per heavy atom. The lowest BCUT2D eigenvalue weighted by Crippen LogP contribution is -2.23. The van der Waals surface area contributed by atoms with Crippen LogP contribution in [-0.2, 0) is 16.1 Å². The summed E-state index contributed by atoms with van der Waals surface area (Å²) in [5.41, 5.74) is 0.881. The number of ether oxygens (including phenoxy) is 1. The van der Waals surface area contributed by atoms with Gasteiger partial charge in [0.2, 0.25) is 11.7 Å². The van der Waals surface area contributed by atoms with Crippen LogP contribution in [0.15, 0.2) is 62.6 Å². The van der Waals surface area contributed by atoms with Crippen LogP contribution < -0.4 is 0 Å². The summed E-state index contributed by atoms with van der Waals surface area (Å²) in [4.78, 5) is 26.4. The average Bonchev–Trinajstić information content (AvgIpc) is 3.35. The topological polar surface area (TPSA) is 85.8 Å². The number of hydrogen-bond donors (Lipinski definition) is 0. The molecule has 0 saturated carbocycles. The van der Waals surface area contributed by atoms with E-state index in [2.05, 4.69) is 5.16 Å². The number of nitrogens with zero attached hydrogens (tertiary/aromatic N) is 2. The normalized spacial score (nSPS) is 10.6. The Kier molecular flexibility index (Phi) is 5.97. The van der Waals surface area contributed by atoms with Crippen LogP contribution in [0.5, 0.6) is 0 Å². The molecule has 0 N–H and O–H groups in total. The highest BCUT2D eigenvalue weighted by Gasteiger charge is 2.16. The molecule has 3 aromatic rings. The van der Waals surface area contributed by atoms with Gasteiger partial charge in [0.1, 0.15) is 12.3 Å². The molecule has 0 atom stereocenters. The van der Waals surface area contributed by atoms with Gasteiger partial charge in [-0.25, -0.2) is 4.79 Å². The van der Waals surface area contributed by atoms with Crippen LogP contribution in [0.3, 0.4) is 0 Å². The number of thioether (sulfide) groups is 1. The fourth-order valence-corrected chi connectivity index (χ4v) is 3.18. The number of benzene rings is 1. The molecule has 0 aliphatic heterocycles. The third-order valence-corrected chi connectivity index (χ3v) is 4.69. The highest BCUT2D eigenvalue weighted by Crippen LogP contribution is 2.24. The summed E-state index contributed by atoms with van der Waals surface area (Å²) in [6, 6.07) is 12.2. The van der Waals surface area contributed by atoms with E-state index in [0.717, 1.165) is 0 Å². The van der Waals surface area contributed by atoms with Crippen LogP contribution in [0, 0.1) is 0 Å². The van der Waals surface area contributed by atoms with Gasteiger partial charge in [0.05, 0.1) is 17.6 Å². The highest BCUT2D eigenvalue weighted by atomic mass is 32.2. The predicted octanol–water partition coefficient (Wildman–Crippen LogP) is 3.47. The Labute approximate surface area is 160 Å². The average molecular weight is 386 g/mol. The van der Waals surface area contributed by atoms with Gasteiger partial charge < -0.3 is 18.6 Å². The Morgan fingerprint density at radius 3 is 2.70 bits per heavy atom. The molecule has 0 aliphatic carbocycles. The number of hydrogen-bond acceptors (Lipinski definition) is 7. The quantitative estimate of drug-likeness (QED) is 0.454. The second-order valence-corrected chi connectivity index (χ2v) is 6.83. The summed E-state index contributed by atoms with van der Waals surface area (Å²) in [5, 5.41) is 3.87. The number of carbonyl (C=O) groups excluding carboxylic acids is 2. The smallest absolute Gasteiger partial charge is 0.339 e. The predicted molar refractivity (Wildman–Crippen MR) is 99.2 cm³/mol. The maximum absolute atomic E-state index is 12.4. The van der Waals surface area contributed by atoms with Gasteiger partial charge in [0.25, 0.3) is 0 Å². The van der Waals surface area contributed by atoms with Crippen molar-refractivity contribution >= 4 is 23.6 Å². The molecule has 2 aromatic heterocycles. The van der Waals surface area contributed by atoms with E-state index in [4.69, 9.17) is 13.7 Å². The van der Waals surface area contributed by atoms with Crippen molar-refractivity contribution < 1.29 is 23.3 Å². The molecule has 3 rings (SSSR count). The number of esters is 1. The van der Waals surface area contributed by atoms with E-state index >= 15 is 0 Å². The fraction of sp³-hybridized carbons (Fsp3) is 0.211. The Hall–Kier alpha value is -3.00. The molecule has 0 aliphatic rings. The maximum Gasteiger partial charge on any atom is 0.339 e. The highest BCUT2D eigenvalue weighted by molar-refractivity contribution is 8.00. The Balaban J connectivity index is 1.62. The molecule has 0 unspecified atom stereocenters. The summed E-state index contributed by atoms with van der Waals surface area (Å²) >= 11 is 1.30. The standard InChI is InChI=1S/C19H18N2O5S/c1-21(2)18(22)12-27-17-8-4-3-6-14(17)19(23)25-11-13-10-16(26-20-13)15-7-5-9-24-15/h3-10H,11-12H2,1-2H3. The van der Waals surface area contributed by atoms with Crippen molar-refractivity contribution in [2.24, 2.45) is 0 Å². The molecular weight excluding hydrogens is 368 g/mol. The molecule has 8 heteroatoms. The largest absolute Gasteiger partial charge is 0.461 e. The Morgan fingerprint density at radius 2 is 1.96 bits per heavy atom. The van der Waals surface area contributed by atoms with Crippen molar-refractivity contribution in [2.75, 3.05) is 19.8 Å². The van der Waals surface area contributed by atoms with Crippen LogP contribution in [0.4, 0.5) is 0 Å². The fourth-order valence-electron chi connectivity index (χ4n) is 2.16. The first kappa shape index (κ1) is 18.8. The van der Waals surface area contributed by atoms with Gasteiger partial charge in [-0.3, -0.25) is 4.79 Å². The summed E-state index contributed by atoms with van der Waals surface area (Å²) < 4.78 is 15.7. The van der Waals surface area contributed by atoms with Crippen LogP contribution in [0.25, 0.3) is 11.5 Å². The molecule has 0 saturated heterocycles. The lowest BCUT2D eigenvalue weighted by atomic mass is 10.2. The van der Waals surface area contributed by atoms with Crippen molar-refractivity contribution in [2.45, 2.75) is 11.5 Å². The first-order valence-electron chi connectivity index (χ1n) is 8.13. The minimum atomic E-state index is -0.488. The Bertz CT molecular complexity index is 918. The molecule has 0 spiro atoms. The molecule has 2 heterocycles. The molecule has 140 valence electrons. The van der Waals surface area contributed by atoms with E-state index in [-0.39, 0.29) is 18.3 Å². The zero-order valence-corrected chi connectivity index (χ0v) is 15.7. The molecule has 0 radical (unpaired) electrons. The minimum absolute atomic E-state index is 0.0291. The van der Waals surface area contributed by atoms with Gasteiger partial charge in [0.15, 0.2) is 5.76 Å². The first-order valence-corrected chi connectivity index (χ1v) is 9.11. The molecular formula is C19H18N2O5S. The molecule has 1 amide bonds. The molecule has 0 fully saturated rings. The third-order valence-electron chi connectivity index (χ3n) is 3.63. The molecule has 7 nitrogen and oxygen atoms in total. The van der Waals surface area contributed by atoms with Gasteiger partial charge >= 0.3 is 5.97 Å². The summed E-state index contributed by atoms with van der Waals surface area (Å²) in [7, 11) is 3.38.